The van der Waals surface area contributed by atoms with Crippen LogP contribution in [0.15, 0.2) is 18.2 Å². The molecule has 1 aromatic rings. The van der Waals surface area contributed by atoms with Crippen molar-refractivity contribution in [2.45, 2.75) is 40.2 Å². The number of para-hydroxylation sites is 1. The minimum Gasteiger partial charge on any atom is -0.444 e. The van der Waals surface area contributed by atoms with Crippen molar-refractivity contribution in [3.05, 3.63) is 29.3 Å². The normalized spacial score (nSPS) is 11.0. The Morgan fingerprint density at radius 1 is 1.16 bits per heavy atom. The SMILES string of the molecule is Cc1cccc(C)c1NCCNC(=O)OC(C)(C)C. The van der Waals surface area contributed by atoms with Crippen LogP contribution in [0.3, 0.4) is 0 Å². The zero-order chi connectivity index (χ0) is 14.5. The summed E-state index contributed by atoms with van der Waals surface area (Å²) in [4.78, 5) is 11.4. The predicted molar refractivity (Wildman–Crippen MR) is 78.6 cm³/mol. The van der Waals surface area contributed by atoms with Crippen molar-refractivity contribution in [1.29, 1.82) is 0 Å². The van der Waals surface area contributed by atoms with Crippen LogP contribution in [0.5, 0.6) is 0 Å². The summed E-state index contributed by atoms with van der Waals surface area (Å²) < 4.78 is 5.16. The fourth-order valence-electron chi connectivity index (χ4n) is 1.76. The lowest BCUT2D eigenvalue weighted by Crippen LogP contribution is -2.35. The number of rotatable bonds is 4. The van der Waals surface area contributed by atoms with E-state index in [1.807, 2.05) is 26.8 Å². The first-order valence-corrected chi connectivity index (χ1v) is 6.56. The van der Waals surface area contributed by atoms with Gasteiger partial charge in [-0.3, -0.25) is 0 Å². The number of benzene rings is 1. The molecule has 0 spiro atoms. The molecule has 4 nitrogen and oxygen atoms in total. The first-order chi connectivity index (χ1) is 8.79. The summed E-state index contributed by atoms with van der Waals surface area (Å²) >= 11 is 0. The van der Waals surface area contributed by atoms with E-state index in [2.05, 4.69) is 36.6 Å². The third-order valence-electron chi connectivity index (χ3n) is 2.58. The highest BCUT2D eigenvalue weighted by molar-refractivity contribution is 5.67. The standard InChI is InChI=1S/C15H24N2O2/c1-11-7-6-8-12(2)13(11)16-9-10-17-14(18)19-15(3,4)5/h6-8,16H,9-10H2,1-5H3,(H,17,18). The summed E-state index contributed by atoms with van der Waals surface area (Å²) in [6.07, 6.45) is -0.379. The fraction of sp³-hybridized carbons (Fsp3) is 0.533. The average molecular weight is 264 g/mol. The Morgan fingerprint density at radius 2 is 1.74 bits per heavy atom. The number of amides is 1. The molecule has 0 radical (unpaired) electrons. The van der Waals surface area contributed by atoms with E-state index in [1.165, 1.54) is 11.1 Å². The fourth-order valence-corrected chi connectivity index (χ4v) is 1.76. The van der Waals surface area contributed by atoms with E-state index in [-0.39, 0.29) is 6.09 Å². The van der Waals surface area contributed by atoms with Crippen LogP contribution >= 0.6 is 0 Å². The molecule has 0 aliphatic heterocycles. The molecule has 1 aromatic carbocycles. The predicted octanol–water partition coefficient (Wildman–Crippen LogP) is 3.24. The van der Waals surface area contributed by atoms with Crippen molar-refractivity contribution in [2.24, 2.45) is 0 Å². The van der Waals surface area contributed by atoms with Gasteiger partial charge in [-0.15, -0.1) is 0 Å². The maximum atomic E-state index is 11.4. The lowest BCUT2D eigenvalue weighted by molar-refractivity contribution is 0.0530. The Labute approximate surface area is 115 Å². The maximum absolute atomic E-state index is 11.4. The summed E-state index contributed by atoms with van der Waals surface area (Å²) in [7, 11) is 0. The topological polar surface area (TPSA) is 50.4 Å². The van der Waals surface area contributed by atoms with Gasteiger partial charge in [0.15, 0.2) is 0 Å². The van der Waals surface area contributed by atoms with Crippen LogP contribution in [0.1, 0.15) is 31.9 Å². The van der Waals surface area contributed by atoms with Gasteiger partial charge in [0, 0.05) is 18.8 Å². The van der Waals surface area contributed by atoms with E-state index < -0.39 is 5.60 Å². The molecule has 1 rings (SSSR count). The number of hydrogen-bond donors (Lipinski definition) is 2. The van der Waals surface area contributed by atoms with Gasteiger partial charge in [-0.05, 0) is 45.7 Å². The van der Waals surface area contributed by atoms with Crippen molar-refractivity contribution in [3.8, 4) is 0 Å². The first-order valence-electron chi connectivity index (χ1n) is 6.56. The van der Waals surface area contributed by atoms with Gasteiger partial charge in [0.05, 0.1) is 0 Å². The lowest BCUT2D eigenvalue weighted by atomic mass is 10.1. The maximum Gasteiger partial charge on any atom is 0.407 e. The number of nitrogens with one attached hydrogen (secondary N) is 2. The van der Waals surface area contributed by atoms with Crippen molar-refractivity contribution >= 4 is 11.8 Å². The lowest BCUT2D eigenvalue weighted by Gasteiger charge is -2.20. The van der Waals surface area contributed by atoms with Crippen molar-refractivity contribution in [2.75, 3.05) is 18.4 Å². The molecular weight excluding hydrogens is 240 g/mol. The van der Waals surface area contributed by atoms with Gasteiger partial charge < -0.3 is 15.4 Å². The summed E-state index contributed by atoms with van der Waals surface area (Å²) in [6.45, 7) is 10.9. The van der Waals surface area contributed by atoms with Crippen molar-refractivity contribution in [1.82, 2.24) is 5.32 Å². The molecule has 0 bridgehead atoms. The number of ether oxygens (including phenoxy) is 1. The van der Waals surface area contributed by atoms with E-state index >= 15 is 0 Å². The van der Waals surface area contributed by atoms with Crippen LogP contribution in [0.4, 0.5) is 10.5 Å². The van der Waals surface area contributed by atoms with E-state index in [0.29, 0.717) is 13.1 Å². The summed E-state index contributed by atoms with van der Waals surface area (Å²) in [5.74, 6) is 0. The van der Waals surface area contributed by atoms with Crippen LogP contribution in [-0.4, -0.2) is 24.8 Å². The molecule has 2 N–H and O–H groups in total. The second-order valence-corrected chi connectivity index (χ2v) is 5.62. The third kappa shape index (κ3) is 5.64. The molecule has 0 aliphatic carbocycles. The van der Waals surface area contributed by atoms with E-state index in [9.17, 15) is 4.79 Å². The van der Waals surface area contributed by atoms with Gasteiger partial charge in [-0.25, -0.2) is 4.79 Å². The van der Waals surface area contributed by atoms with Gasteiger partial charge in [-0.2, -0.15) is 0 Å². The van der Waals surface area contributed by atoms with Crippen molar-refractivity contribution in [3.63, 3.8) is 0 Å². The van der Waals surface area contributed by atoms with E-state index in [1.54, 1.807) is 0 Å². The largest absolute Gasteiger partial charge is 0.444 e. The van der Waals surface area contributed by atoms with Gasteiger partial charge >= 0.3 is 6.09 Å². The minimum absolute atomic E-state index is 0.379. The van der Waals surface area contributed by atoms with Crippen LogP contribution in [0, 0.1) is 13.8 Å². The first kappa shape index (κ1) is 15.3. The molecule has 0 aliphatic rings. The molecule has 0 heterocycles. The molecule has 0 saturated heterocycles. The smallest absolute Gasteiger partial charge is 0.407 e. The van der Waals surface area contributed by atoms with Gasteiger partial charge in [0.25, 0.3) is 0 Å². The Kier molecular flexibility index (Phi) is 5.21. The number of alkyl carbamates (subject to hydrolysis) is 1. The van der Waals surface area contributed by atoms with Gasteiger partial charge in [-0.1, -0.05) is 18.2 Å². The van der Waals surface area contributed by atoms with E-state index in [0.717, 1.165) is 5.69 Å². The monoisotopic (exact) mass is 264 g/mol. The second-order valence-electron chi connectivity index (χ2n) is 5.62. The van der Waals surface area contributed by atoms with E-state index in [4.69, 9.17) is 4.74 Å². The zero-order valence-electron chi connectivity index (χ0n) is 12.5. The molecule has 0 atom stereocenters. The molecule has 4 heteroatoms. The minimum atomic E-state index is -0.454. The molecule has 19 heavy (non-hydrogen) atoms. The Balaban J connectivity index is 2.34. The highest BCUT2D eigenvalue weighted by atomic mass is 16.6. The summed E-state index contributed by atoms with van der Waals surface area (Å²) in [6, 6.07) is 6.17. The Morgan fingerprint density at radius 3 is 2.26 bits per heavy atom. The summed E-state index contributed by atoms with van der Waals surface area (Å²) in [5, 5.41) is 6.05. The number of anilines is 1. The van der Waals surface area contributed by atoms with Crippen LogP contribution in [-0.2, 0) is 4.74 Å². The Hall–Kier alpha value is -1.71. The number of aryl methyl sites for hydroxylation is 2. The number of carbonyl (C=O) groups is 1. The quantitative estimate of drug-likeness (QED) is 0.821. The molecule has 0 fully saturated rings. The molecule has 1 amide bonds. The highest BCUT2D eigenvalue weighted by Crippen LogP contribution is 2.18. The molecule has 106 valence electrons. The highest BCUT2D eigenvalue weighted by Gasteiger charge is 2.15. The number of carbonyl (C=O) groups excluding carboxylic acids is 1. The molecule has 0 saturated carbocycles. The Bertz CT molecular complexity index is 416. The molecular formula is C15H24N2O2. The van der Waals surface area contributed by atoms with Gasteiger partial charge in [0.2, 0.25) is 0 Å². The molecule has 0 unspecified atom stereocenters. The third-order valence-corrected chi connectivity index (χ3v) is 2.58. The zero-order valence-corrected chi connectivity index (χ0v) is 12.5. The average Bonchev–Trinajstić information content (AvgIpc) is 2.25. The number of hydrogen-bond acceptors (Lipinski definition) is 3. The van der Waals surface area contributed by atoms with Crippen molar-refractivity contribution < 1.29 is 9.53 Å². The van der Waals surface area contributed by atoms with Crippen LogP contribution < -0.4 is 10.6 Å². The van der Waals surface area contributed by atoms with Gasteiger partial charge in [0.1, 0.15) is 5.60 Å². The second kappa shape index (κ2) is 6.45. The molecule has 0 aromatic heterocycles. The van der Waals surface area contributed by atoms with Crippen LogP contribution in [0.25, 0.3) is 0 Å². The summed E-state index contributed by atoms with van der Waals surface area (Å²) in [5.41, 5.74) is 3.09. The van der Waals surface area contributed by atoms with Crippen LogP contribution in [0.2, 0.25) is 0 Å².